The van der Waals surface area contributed by atoms with Crippen molar-refractivity contribution in [2.45, 2.75) is 0 Å². The van der Waals surface area contributed by atoms with E-state index < -0.39 is 0 Å². The molecule has 0 aliphatic carbocycles. The Morgan fingerprint density at radius 3 is 2.00 bits per heavy atom. The summed E-state index contributed by atoms with van der Waals surface area (Å²) in [6.07, 6.45) is 0. The van der Waals surface area contributed by atoms with Crippen molar-refractivity contribution in [3.05, 3.63) is 0 Å². The molecule has 0 rings (SSSR count). The van der Waals surface area contributed by atoms with Crippen LogP contribution < -0.4 is 0 Å². The van der Waals surface area contributed by atoms with E-state index in [0.29, 0.717) is 0 Å². The van der Waals surface area contributed by atoms with Crippen LogP contribution in [0.15, 0.2) is 0 Å². The third-order valence-electron chi connectivity index (χ3n) is 0. The number of carbonyl (C=O) groups excluding carboxylic acids is 1. The van der Waals surface area contributed by atoms with Crippen LogP contribution in [0.4, 0.5) is 4.79 Å². The first-order chi connectivity index (χ1) is 1.73. The normalized spacial score (nSPS) is 6.50. The van der Waals surface area contributed by atoms with E-state index in [0.717, 1.165) is 16.9 Å². The van der Waals surface area contributed by atoms with E-state index in [1.807, 2.05) is 0 Å². The molecule has 1 unspecified atom stereocenters. The van der Waals surface area contributed by atoms with Gasteiger partial charge in [-0.3, -0.25) is 0 Å². The summed E-state index contributed by atoms with van der Waals surface area (Å²) in [4.78, 5) is 9.24. The van der Waals surface area contributed by atoms with Crippen LogP contribution in [0.25, 0.3) is 0 Å². The molecule has 0 radical (unpaired) electrons. The van der Waals surface area contributed by atoms with Gasteiger partial charge < -0.3 is 0 Å². The third-order valence-corrected chi connectivity index (χ3v) is 0. The molecule has 0 saturated heterocycles. The summed E-state index contributed by atoms with van der Waals surface area (Å²) in [7, 11) is 0. The second kappa shape index (κ2) is 1.80. The van der Waals surface area contributed by atoms with Crippen LogP contribution in [-0.2, 0) is 0 Å². The van der Waals surface area contributed by atoms with Crippen molar-refractivity contribution < 1.29 is 4.79 Å². The second-order valence-corrected chi connectivity index (χ2v) is 2.54. The summed E-state index contributed by atoms with van der Waals surface area (Å²) in [5, 5.41) is 0. The molecule has 0 N–H and O–H groups in total. The van der Waals surface area contributed by atoms with Gasteiger partial charge in [0.1, 0.15) is 0 Å². The van der Waals surface area contributed by atoms with Gasteiger partial charge in [-0.25, -0.2) is 0 Å². The van der Waals surface area contributed by atoms with Crippen LogP contribution >= 0.6 is 11.6 Å². The molecule has 0 fully saturated rings. The van der Waals surface area contributed by atoms with Gasteiger partial charge in [0, 0.05) is 0 Å². The van der Waals surface area contributed by atoms with Crippen molar-refractivity contribution in [1.82, 2.24) is 0 Å². The van der Waals surface area contributed by atoms with Crippen molar-refractivity contribution >= 4 is 32.5 Å². The van der Waals surface area contributed by atoms with Crippen LogP contribution in [0.3, 0.4) is 0 Å². The summed E-state index contributed by atoms with van der Waals surface area (Å²) in [5.41, 5.74) is 0. The summed E-state index contributed by atoms with van der Waals surface area (Å²) < 4.78 is -0.299. The fraction of sp³-hybridized carbons (Fsp3) is 0. The van der Waals surface area contributed by atoms with E-state index in [1.165, 1.54) is 0 Å². The molecule has 24 valence electrons. The van der Waals surface area contributed by atoms with Gasteiger partial charge in [0.05, 0.1) is 0 Å². The van der Waals surface area contributed by atoms with E-state index in [1.54, 1.807) is 0 Å². The zero-order chi connectivity index (χ0) is 3.58. The van der Waals surface area contributed by atoms with Crippen LogP contribution in [0.2, 0.25) is 0 Å². The van der Waals surface area contributed by atoms with Gasteiger partial charge in [-0.15, -0.1) is 0 Å². The van der Waals surface area contributed by atoms with Gasteiger partial charge in [0.25, 0.3) is 0 Å². The van der Waals surface area contributed by atoms with Gasteiger partial charge >= 0.3 is 37.3 Å². The molecule has 0 heterocycles. The summed E-state index contributed by atoms with van der Waals surface area (Å²) in [6, 6.07) is 0. The molecule has 0 aromatic rings. The van der Waals surface area contributed by atoms with Gasteiger partial charge in [0.15, 0.2) is 0 Å². The molecule has 0 aromatic carbocycles. The Balaban J connectivity index is 2.80. The predicted molar refractivity (Wildman–Crippen MR) is 19.8 cm³/mol. The molecule has 0 bridgehead atoms. The fourth-order valence-corrected chi connectivity index (χ4v) is 0. The Bertz CT molecular complexity index is 31.0. The minimum absolute atomic E-state index is 0.299. The molecule has 0 aromatic heterocycles. The number of halogens is 1. The summed E-state index contributed by atoms with van der Waals surface area (Å²) >= 11 is 5.59. The zero-order valence-electron chi connectivity index (χ0n) is 1.86. The van der Waals surface area contributed by atoms with Crippen LogP contribution in [0.1, 0.15) is 0 Å². The van der Waals surface area contributed by atoms with Gasteiger partial charge in [-0.1, -0.05) is 0 Å². The molecule has 3 heteroatoms. The molecular weight excluding hydrogens is 138 g/mol. The molecule has 0 aliphatic rings. The Labute approximate surface area is 37.8 Å². The van der Waals surface area contributed by atoms with E-state index >= 15 is 0 Å². The molecule has 0 spiro atoms. The topological polar surface area (TPSA) is 17.1 Å². The number of hydrogen-bond acceptors (Lipinski definition) is 1. The molecule has 0 aliphatic heterocycles. The van der Waals surface area contributed by atoms with Crippen LogP contribution in [-0.4, -0.2) is 20.9 Å². The average molecular weight is 140 g/mol. The van der Waals surface area contributed by atoms with Crippen molar-refractivity contribution in [2.24, 2.45) is 0 Å². The molecule has 4 heavy (non-hydrogen) atoms. The Kier molecular flexibility index (Phi) is 2.04. The quantitative estimate of drug-likeness (QED) is 0.341. The van der Waals surface area contributed by atoms with Crippen LogP contribution in [0.5, 0.6) is 0 Å². The zero-order valence-corrected chi connectivity index (χ0v) is 5.04. The maximum atomic E-state index is 9.24. The van der Waals surface area contributed by atoms with Crippen molar-refractivity contribution in [2.75, 3.05) is 0 Å². The first kappa shape index (κ1) is 4.52. The van der Waals surface area contributed by atoms with Crippen molar-refractivity contribution in [3.63, 3.8) is 0 Å². The van der Waals surface area contributed by atoms with E-state index in [2.05, 4.69) is 11.6 Å². The van der Waals surface area contributed by atoms with E-state index in [-0.39, 0.29) is 4.03 Å². The Morgan fingerprint density at radius 2 is 2.00 bits per heavy atom. The van der Waals surface area contributed by atoms with E-state index in [9.17, 15) is 4.79 Å². The minimum atomic E-state index is -0.299. The molecule has 1 atom stereocenters. The number of rotatable bonds is 0. The molecule has 0 amide bonds. The van der Waals surface area contributed by atoms with Gasteiger partial charge in [-0.05, 0) is 0 Å². The third kappa shape index (κ3) is 21.6. The average Bonchev–Trinajstić information content (AvgIpc) is 0.811. The fourth-order valence-electron chi connectivity index (χ4n) is 0. The van der Waals surface area contributed by atoms with Crippen molar-refractivity contribution in [1.29, 1.82) is 0 Å². The van der Waals surface area contributed by atoms with E-state index in [4.69, 9.17) is 0 Å². The Hall–Kier alpha value is 0.518. The SMILES string of the molecule is O=C(Cl)[AsH2]. The second-order valence-electron chi connectivity index (χ2n) is 0.304. The van der Waals surface area contributed by atoms with Crippen molar-refractivity contribution in [3.8, 4) is 0 Å². The Morgan fingerprint density at radius 1 is 2.00 bits per heavy atom. The predicted octanol–water partition coefficient (Wildman–Crippen LogP) is -0.0217. The summed E-state index contributed by atoms with van der Waals surface area (Å²) in [6.45, 7) is 0. The molecule has 1 nitrogen and oxygen atoms in total. The first-order valence-corrected chi connectivity index (χ1v) is 2.27. The van der Waals surface area contributed by atoms with Gasteiger partial charge in [-0.2, -0.15) is 0 Å². The first-order valence-electron chi connectivity index (χ1n) is 0.682. The summed E-state index contributed by atoms with van der Waals surface area (Å²) in [5.74, 6) is 0. The number of hydrogen-bond donors (Lipinski definition) is 0. The molecule has 0 saturated carbocycles. The van der Waals surface area contributed by atoms with Gasteiger partial charge in [0.2, 0.25) is 0 Å². The van der Waals surface area contributed by atoms with Crippen LogP contribution in [0, 0.1) is 0 Å². The molecular formula is CH2AsClO. The number of carbonyl (C=O) groups is 1. The standard InChI is InChI=1S/CH2AsClO/c2-1(3)4/h2H2. The monoisotopic (exact) mass is 140 g/mol. The maximum absolute atomic E-state index is 9.24.